The molecule has 0 aliphatic carbocycles. The fraction of sp³-hybridized carbons (Fsp3) is 0.500. The predicted molar refractivity (Wildman–Crippen MR) is 84.7 cm³/mol. The minimum absolute atomic E-state index is 0.121. The second-order valence-corrected chi connectivity index (χ2v) is 4.50. The van der Waals surface area contributed by atoms with E-state index in [9.17, 15) is 4.79 Å². The Labute approximate surface area is 131 Å². The molecule has 1 aliphatic rings. The summed E-state index contributed by atoms with van der Waals surface area (Å²) in [7, 11) is 0. The van der Waals surface area contributed by atoms with Crippen molar-refractivity contribution in [3.8, 4) is 5.75 Å². The smallest absolute Gasteiger partial charge is 0.349 e. The predicted octanol–water partition coefficient (Wildman–Crippen LogP) is 2.67. The summed E-state index contributed by atoms with van der Waals surface area (Å²) in [5.74, 6) is 0.679. The summed E-state index contributed by atoms with van der Waals surface area (Å²) in [4.78, 5) is 20.8. The number of hydroxylamine groups is 1. The van der Waals surface area contributed by atoms with Crippen LogP contribution in [0.2, 0.25) is 0 Å². The van der Waals surface area contributed by atoms with Crippen molar-refractivity contribution in [3.63, 3.8) is 0 Å². The molecule has 0 radical (unpaired) electrons. The maximum Gasteiger partial charge on any atom is 0.349 e. The first-order chi connectivity index (χ1) is 10.6. The van der Waals surface area contributed by atoms with E-state index >= 15 is 0 Å². The van der Waals surface area contributed by atoms with Crippen molar-refractivity contribution in [2.24, 2.45) is 4.99 Å². The first kappa shape index (κ1) is 18.0. The fourth-order valence-electron chi connectivity index (χ4n) is 1.69. The van der Waals surface area contributed by atoms with Gasteiger partial charge in [0, 0.05) is 5.56 Å². The zero-order valence-electron chi connectivity index (χ0n) is 13.8. The van der Waals surface area contributed by atoms with E-state index in [1.165, 1.54) is 0 Å². The number of aliphatic imine (C=N–C) groups is 1. The van der Waals surface area contributed by atoms with Crippen LogP contribution in [0.4, 0.5) is 0 Å². The van der Waals surface area contributed by atoms with Gasteiger partial charge in [0.05, 0.1) is 12.7 Å². The lowest BCUT2D eigenvalue weighted by molar-refractivity contribution is -0.146. The van der Waals surface area contributed by atoms with Crippen molar-refractivity contribution in [3.05, 3.63) is 29.8 Å². The summed E-state index contributed by atoms with van der Waals surface area (Å²) in [5, 5.41) is 0. The van der Waals surface area contributed by atoms with Crippen LogP contribution in [0.15, 0.2) is 29.3 Å². The summed E-state index contributed by atoms with van der Waals surface area (Å²) in [6, 6.07) is 7.31. The Morgan fingerprint density at radius 1 is 1.32 bits per heavy atom. The molecule has 1 aromatic carbocycles. The third kappa shape index (κ3) is 5.04. The number of ether oxygens (including phenoxy) is 2. The lowest BCUT2D eigenvalue weighted by Gasteiger charge is -2.09. The molecule has 1 heterocycles. The van der Waals surface area contributed by atoms with Crippen LogP contribution in [-0.2, 0) is 14.4 Å². The Balaban J connectivity index is 0.00000116. The summed E-state index contributed by atoms with van der Waals surface area (Å²) < 4.78 is 10.4. The molecule has 122 valence electrons. The van der Waals surface area contributed by atoms with E-state index in [0.29, 0.717) is 12.5 Å². The van der Waals surface area contributed by atoms with Crippen molar-refractivity contribution in [1.82, 2.24) is 5.48 Å². The zero-order chi connectivity index (χ0) is 16.5. The van der Waals surface area contributed by atoms with E-state index in [0.717, 1.165) is 11.3 Å². The van der Waals surface area contributed by atoms with E-state index in [1.807, 2.05) is 52.0 Å². The number of benzene rings is 1. The molecule has 1 atom stereocenters. The van der Waals surface area contributed by atoms with Gasteiger partial charge in [0.2, 0.25) is 12.1 Å². The van der Waals surface area contributed by atoms with Crippen molar-refractivity contribution in [2.45, 2.75) is 46.9 Å². The largest absolute Gasteiger partial charge is 0.491 e. The number of carbonyl (C=O) groups is 1. The molecular weight excluding hydrogens is 284 g/mol. The van der Waals surface area contributed by atoms with Crippen LogP contribution < -0.4 is 10.2 Å². The quantitative estimate of drug-likeness (QED) is 0.847. The number of carbonyl (C=O) groups excluding carboxylic acids is 1. The number of nitrogens with zero attached hydrogens (tertiary/aromatic N) is 1. The standard InChI is InChI=1S/C14H18N2O4.C2H6/c1-4-18-14(17)12-15-13(20-16-12)10-5-7-11(8-6-10)19-9(2)3;1-2/h5-9,12,16H,4H2,1-3H3;1-2H3. The fourth-order valence-corrected chi connectivity index (χ4v) is 1.69. The third-order valence-electron chi connectivity index (χ3n) is 2.50. The Kier molecular flexibility index (Phi) is 7.39. The van der Waals surface area contributed by atoms with Gasteiger partial charge in [0.15, 0.2) is 0 Å². The molecule has 0 saturated heterocycles. The SMILES string of the molecule is CC.CCOC(=O)C1N=C(c2ccc(OC(C)C)cc2)ON1. The van der Waals surface area contributed by atoms with Crippen molar-refractivity contribution in [2.75, 3.05) is 6.61 Å². The maximum atomic E-state index is 11.5. The van der Waals surface area contributed by atoms with Gasteiger partial charge in [-0.2, -0.15) is 0 Å². The van der Waals surface area contributed by atoms with E-state index < -0.39 is 12.1 Å². The van der Waals surface area contributed by atoms with E-state index in [-0.39, 0.29) is 6.10 Å². The van der Waals surface area contributed by atoms with Crippen LogP contribution in [-0.4, -0.2) is 30.7 Å². The molecule has 0 aromatic heterocycles. The molecule has 22 heavy (non-hydrogen) atoms. The van der Waals surface area contributed by atoms with Crippen LogP contribution in [0.25, 0.3) is 0 Å². The number of rotatable bonds is 5. The molecular formula is C16H24N2O4. The molecule has 1 aliphatic heterocycles. The van der Waals surface area contributed by atoms with Gasteiger partial charge < -0.3 is 14.3 Å². The monoisotopic (exact) mass is 308 g/mol. The van der Waals surface area contributed by atoms with Gasteiger partial charge in [-0.3, -0.25) is 0 Å². The van der Waals surface area contributed by atoms with Crippen LogP contribution in [0.1, 0.15) is 40.2 Å². The van der Waals surface area contributed by atoms with Crippen LogP contribution in [0, 0.1) is 0 Å². The van der Waals surface area contributed by atoms with Gasteiger partial charge in [-0.1, -0.05) is 13.8 Å². The normalized spacial score (nSPS) is 16.3. The lowest BCUT2D eigenvalue weighted by Crippen LogP contribution is -2.31. The molecule has 6 heteroatoms. The molecule has 0 bridgehead atoms. The Morgan fingerprint density at radius 3 is 2.50 bits per heavy atom. The van der Waals surface area contributed by atoms with Crippen molar-refractivity contribution < 1.29 is 19.1 Å². The van der Waals surface area contributed by atoms with Gasteiger partial charge in [-0.15, -0.1) is 5.48 Å². The zero-order valence-corrected chi connectivity index (χ0v) is 13.8. The van der Waals surface area contributed by atoms with Gasteiger partial charge in [0.25, 0.3) is 0 Å². The molecule has 0 spiro atoms. The lowest BCUT2D eigenvalue weighted by atomic mass is 10.2. The molecule has 0 fully saturated rings. The van der Waals surface area contributed by atoms with Gasteiger partial charge in [0.1, 0.15) is 5.75 Å². The highest BCUT2D eigenvalue weighted by molar-refractivity contribution is 5.97. The maximum absolute atomic E-state index is 11.5. The van der Waals surface area contributed by atoms with Crippen molar-refractivity contribution >= 4 is 11.9 Å². The first-order valence-electron chi connectivity index (χ1n) is 7.54. The molecule has 1 unspecified atom stereocenters. The Morgan fingerprint density at radius 2 is 1.95 bits per heavy atom. The van der Waals surface area contributed by atoms with Crippen molar-refractivity contribution in [1.29, 1.82) is 0 Å². The average molecular weight is 308 g/mol. The highest BCUT2D eigenvalue weighted by atomic mass is 16.7. The number of nitrogens with one attached hydrogen (secondary N) is 1. The molecule has 0 saturated carbocycles. The second kappa shape index (κ2) is 9.04. The van der Waals surface area contributed by atoms with Gasteiger partial charge in [-0.05, 0) is 45.0 Å². The highest BCUT2D eigenvalue weighted by Gasteiger charge is 2.27. The van der Waals surface area contributed by atoms with E-state index in [1.54, 1.807) is 6.92 Å². The molecule has 6 nitrogen and oxygen atoms in total. The summed E-state index contributed by atoms with van der Waals surface area (Å²) in [6.07, 6.45) is -0.688. The Bertz CT molecular complexity index is 497. The van der Waals surface area contributed by atoms with E-state index in [4.69, 9.17) is 14.3 Å². The molecule has 2 rings (SSSR count). The number of hydrogen-bond acceptors (Lipinski definition) is 6. The van der Waals surface area contributed by atoms with E-state index in [2.05, 4.69) is 10.5 Å². The second-order valence-electron chi connectivity index (χ2n) is 4.50. The minimum atomic E-state index is -0.809. The van der Waals surface area contributed by atoms with Crippen LogP contribution >= 0.6 is 0 Å². The third-order valence-corrected chi connectivity index (χ3v) is 2.50. The van der Waals surface area contributed by atoms with Crippen LogP contribution in [0.5, 0.6) is 5.75 Å². The van der Waals surface area contributed by atoms with Gasteiger partial charge >= 0.3 is 5.97 Å². The molecule has 1 aromatic rings. The number of hydrogen-bond donors (Lipinski definition) is 1. The van der Waals surface area contributed by atoms with Gasteiger partial charge in [-0.25, -0.2) is 9.79 Å². The summed E-state index contributed by atoms with van der Waals surface area (Å²) in [6.45, 7) is 9.98. The topological polar surface area (TPSA) is 69.2 Å². The number of esters is 1. The molecule has 0 amide bonds. The summed E-state index contributed by atoms with van der Waals surface area (Å²) in [5.41, 5.74) is 3.29. The summed E-state index contributed by atoms with van der Waals surface area (Å²) >= 11 is 0. The average Bonchev–Trinajstić information content (AvgIpc) is 3.00. The highest BCUT2D eigenvalue weighted by Crippen LogP contribution is 2.16. The Hall–Kier alpha value is -2.08. The first-order valence-corrected chi connectivity index (χ1v) is 7.54. The minimum Gasteiger partial charge on any atom is -0.491 e. The van der Waals surface area contributed by atoms with Crippen LogP contribution in [0.3, 0.4) is 0 Å². The molecule has 1 N–H and O–H groups in total.